The van der Waals surface area contributed by atoms with Gasteiger partial charge in [-0.15, -0.1) is 0 Å². The van der Waals surface area contributed by atoms with Gasteiger partial charge in [0.15, 0.2) is 12.4 Å². The molecule has 2 rings (SSSR count). The third-order valence-electron chi connectivity index (χ3n) is 2.75. The molecular formula is C17H13BrO3. The summed E-state index contributed by atoms with van der Waals surface area (Å²) in [5, 5.41) is 0. The SMILES string of the molecule is O=C(/C=C/c1ccccc1Br)OCC(=O)c1ccccc1. The van der Waals surface area contributed by atoms with E-state index in [1.54, 1.807) is 30.3 Å². The van der Waals surface area contributed by atoms with Crippen LogP contribution in [0, 0.1) is 0 Å². The molecule has 0 saturated heterocycles. The zero-order valence-corrected chi connectivity index (χ0v) is 12.7. The molecule has 0 spiro atoms. The minimum atomic E-state index is -0.546. The van der Waals surface area contributed by atoms with Crippen LogP contribution in [0.3, 0.4) is 0 Å². The van der Waals surface area contributed by atoms with Gasteiger partial charge in [0.05, 0.1) is 0 Å². The van der Waals surface area contributed by atoms with Gasteiger partial charge in [0.1, 0.15) is 0 Å². The first-order chi connectivity index (χ1) is 10.2. The predicted octanol–water partition coefficient (Wildman–Crippen LogP) is 3.89. The van der Waals surface area contributed by atoms with Crippen LogP contribution in [0.2, 0.25) is 0 Å². The van der Waals surface area contributed by atoms with Gasteiger partial charge in [0.25, 0.3) is 0 Å². The molecule has 0 unspecified atom stereocenters. The molecule has 106 valence electrons. The van der Waals surface area contributed by atoms with Crippen molar-refractivity contribution >= 4 is 33.8 Å². The number of Topliss-reactive ketones (excluding diaryl/α,β-unsaturated/α-hetero) is 1. The zero-order chi connectivity index (χ0) is 15.1. The van der Waals surface area contributed by atoms with Crippen molar-refractivity contribution in [3.63, 3.8) is 0 Å². The van der Waals surface area contributed by atoms with Crippen LogP contribution in [0.1, 0.15) is 15.9 Å². The van der Waals surface area contributed by atoms with Gasteiger partial charge in [-0.1, -0.05) is 64.5 Å². The molecule has 21 heavy (non-hydrogen) atoms. The fourth-order valence-corrected chi connectivity index (χ4v) is 2.08. The normalized spacial score (nSPS) is 10.5. The van der Waals surface area contributed by atoms with Gasteiger partial charge in [-0.25, -0.2) is 4.79 Å². The average molecular weight is 345 g/mol. The van der Waals surface area contributed by atoms with Gasteiger partial charge in [-0.05, 0) is 17.7 Å². The second-order valence-electron chi connectivity index (χ2n) is 4.25. The zero-order valence-electron chi connectivity index (χ0n) is 11.2. The Morgan fingerprint density at radius 1 is 1.00 bits per heavy atom. The van der Waals surface area contributed by atoms with Crippen LogP contribution in [0.15, 0.2) is 65.1 Å². The summed E-state index contributed by atoms with van der Waals surface area (Å²) in [4.78, 5) is 23.4. The van der Waals surface area contributed by atoms with Crippen molar-refractivity contribution in [2.45, 2.75) is 0 Å². The monoisotopic (exact) mass is 344 g/mol. The molecular weight excluding hydrogens is 332 g/mol. The number of hydrogen-bond acceptors (Lipinski definition) is 3. The standard InChI is InChI=1S/C17H13BrO3/c18-15-9-5-4-6-13(15)10-11-17(20)21-12-16(19)14-7-2-1-3-8-14/h1-11H,12H2/b11-10+. The Morgan fingerprint density at radius 3 is 2.38 bits per heavy atom. The first kappa shape index (κ1) is 15.2. The number of benzene rings is 2. The highest BCUT2D eigenvalue weighted by molar-refractivity contribution is 9.10. The van der Waals surface area contributed by atoms with Gasteiger partial charge in [0, 0.05) is 16.1 Å². The topological polar surface area (TPSA) is 43.4 Å². The lowest BCUT2D eigenvalue weighted by atomic mass is 10.1. The van der Waals surface area contributed by atoms with Crippen LogP contribution in [-0.2, 0) is 9.53 Å². The predicted molar refractivity (Wildman–Crippen MR) is 84.9 cm³/mol. The third kappa shape index (κ3) is 4.68. The lowest BCUT2D eigenvalue weighted by Crippen LogP contribution is -2.12. The number of ketones is 1. The van der Waals surface area contributed by atoms with Crippen molar-refractivity contribution in [2.75, 3.05) is 6.61 Å². The van der Waals surface area contributed by atoms with E-state index in [0.717, 1.165) is 10.0 Å². The number of halogens is 1. The first-order valence-corrected chi connectivity index (χ1v) is 7.14. The lowest BCUT2D eigenvalue weighted by Gasteiger charge is -2.02. The van der Waals surface area contributed by atoms with Gasteiger partial charge in [-0.3, -0.25) is 4.79 Å². The highest BCUT2D eigenvalue weighted by atomic mass is 79.9. The maximum atomic E-state index is 11.8. The Bertz CT molecular complexity index is 663. The molecule has 0 amide bonds. The van der Waals surface area contributed by atoms with Crippen molar-refractivity contribution in [3.05, 3.63) is 76.3 Å². The minimum Gasteiger partial charge on any atom is -0.454 e. The molecule has 2 aromatic rings. The van der Waals surface area contributed by atoms with E-state index in [-0.39, 0.29) is 12.4 Å². The van der Waals surface area contributed by atoms with Crippen LogP contribution in [0.5, 0.6) is 0 Å². The molecule has 0 aliphatic heterocycles. The summed E-state index contributed by atoms with van der Waals surface area (Å²) >= 11 is 3.38. The Balaban J connectivity index is 1.88. The van der Waals surface area contributed by atoms with Crippen molar-refractivity contribution in [1.82, 2.24) is 0 Å². The molecule has 0 heterocycles. The summed E-state index contributed by atoms with van der Waals surface area (Å²) < 4.78 is 5.81. The second kappa shape index (κ2) is 7.55. The summed E-state index contributed by atoms with van der Waals surface area (Å²) in [6.45, 7) is -0.261. The smallest absolute Gasteiger partial charge is 0.331 e. The lowest BCUT2D eigenvalue weighted by molar-refractivity contribution is -0.136. The van der Waals surface area contributed by atoms with Crippen molar-refractivity contribution in [1.29, 1.82) is 0 Å². The van der Waals surface area contributed by atoms with Gasteiger partial charge in [-0.2, -0.15) is 0 Å². The Morgan fingerprint density at radius 2 is 1.67 bits per heavy atom. The molecule has 0 fully saturated rings. The molecule has 3 nitrogen and oxygen atoms in total. The summed E-state index contributed by atoms with van der Waals surface area (Å²) in [5.41, 5.74) is 1.39. The van der Waals surface area contributed by atoms with Crippen LogP contribution in [0.4, 0.5) is 0 Å². The Hall–Kier alpha value is -2.20. The molecule has 0 aromatic heterocycles. The fourth-order valence-electron chi connectivity index (χ4n) is 1.66. The number of ether oxygens (including phenoxy) is 1. The van der Waals surface area contributed by atoms with Crippen LogP contribution in [-0.4, -0.2) is 18.4 Å². The maximum absolute atomic E-state index is 11.8. The quantitative estimate of drug-likeness (QED) is 0.469. The number of carbonyl (C=O) groups is 2. The molecule has 0 atom stereocenters. The van der Waals surface area contributed by atoms with Crippen LogP contribution < -0.4 is 0 Å². The highest BCUT2D eigenvalue weighted by Gasteiger charge is 2.07. The first-order valence-electron chi connectivity index (χ1n) is 6.34. The van der Waals surface area contributed by atoms with Crippen LogP contribution >= 0.6 is 15.9 Å². The highest BCUT2D eigenvalue weighted by Crippen LogP contribution is 2.17. The second-order valence-corrected chi connectivity index (χ2v) is 5.11. The maximum Gasteiger partial charge on any atom is 0.331 e. The van der Waals surface area contributed by atoms with Gasteiger partial charge < -0.3 is 4.74 Å². The number of carbonyl (C=O) groups excluding carboxylic acids is 2. The molecule has 4 heteroatoms. The van der Waals surface area contributed by atoms with E-state index in [2.05, 4.69) is 15.9 Å². The molecule has 0 saturated carbocycles. The van der Waals surface area contributed by atoms with E-state index < -0.39 is 5.97 Å². The van der Waals surface area contributed by atoms with E-state index >= 15 is 0 Å². The molecule has 0 radical (unpaired) electrons. The largest absolute Gasteiger partial charge is 0.454 e. The summed E-state index contributed by atoms with van der Waals surface area (Å²) in [5.74, 6) is -0.770. The Kier molecular flexibility index (Phi) is 5.46. The van der Waals surface area contributed by atoms with Crippen molar-refractivity contribution in [3.8, 4) is 0 Å². The van der Waals surface area contributed by atoms with E-state index in [1.807, 2.05) is 30.3 Å². The van der Waals surface area contributed by atoms with Gasteiger partial charge >= 0.3 is 5.97 Å². The fraction of sp³-hybridized carbons (Fsp3) is 0.0588. The Labute approximate surface area is 131 Å². The number of rotatable bonds is 5. The van der Waals surface area contributed by atoms with E-state index in [9.17, 15) is 9.59 Å². The number of esters is 1. The van der Waals surface area contributed by atoms with Gasteiger partial charge in [0.2, 0.25) is 0 Å². The summed E-state index contributed by atoms with van der Waals surface area (Å²) in [6, 6.07) is 16.2. The number of hydrogen-bond donors (Lipinski definition) is 0. The molecule has 0 aliphatic carbocycles. The molecule has 0 bridgehead atoms. The molecule has 0 aliphatic rings. The van der Waals surface area contributed by atoms with Crippen LogP contribution in [0.25, 0.3) is 6.08 Å². The van der Waals surface area contributed by atoms with E-state index in [4.69, 9.17) is 4.74 Å². The van der Waals surface area contributed by atoms with E-state index in [0.29, 0.717) is 5.56 Å². The van der Waals surface area contributed by atoms with Crippen molar-refractivity contribution in [2.24, 2.45) is 0 Å². The van der Waals surface area contributed by atoms with E-state index in [1.165, 1.54) is 6.08 Å². The third-order valence-corrected chi connectivity index (χ3v) is 3.47. The molecule has 0 N–H and O–H groups in total. The average Bonchev–Trinajstić information content (AvgIpc) is 2.52. The van der Waals surface area contributed by atoms with Crippen molar-refractivity contribution < 1.29 is 14.3 Å². The summed E-state index contributed by atoms with van der Waals surface area (Å²) in [7, 11) is 0. The minimum absolute atomic E-state index is 0.224. The molecule has 2 aromatic carbocycles. The summed E-state index contributed by atoms with van der Waals surface area (Å²) in [6.07, 6.45) is 2.94.